The van der Waals surface area contributed by atoms with Crippen molar-refractivity contribution in [1.29, 1.82) is 0 Å². The van der Waals surface area contributed by atoms with Crippen LogP contribution in [0.25, 0.3) is 0 Å². The van der Waals surface area contributed by atoms with Crippen molar-refractivity contribution < 1.29 is 9.53 Å². The predicted octanol–water partition coefficient (Wildman–Crippen LogP) is 3.42. The Labute approximate surface area is 112 Å². The molecule has 0 aromatic carbocycles. The topological polar surface area (TPSA) is 38.3 Å². The van der Waals surface area contributed by atoms with Gasteiger partial charge < -0.3 is 10.1 Å². The summed E-state index contributed by atoms with van der Waals surface area (Å²) in [5, 5.41) is 3.35. The summed E-state index contributed by atoms with van der Waals surface area (Å²) >= 11 is 0. The van der Waals surface area contributed by atoms with Gasteiger partial charge in [-0.25, -0.2) is 0 Å². The third-order valence-electron chi connectivity index (χ3n) is 3.87. The first-order valence-electron chi connectivity index (χ1n) is 7.63. The summed E-state index contributed by atoms with van der Waals surface area (Å²) in [6.07, 6.45) is 14.7. The Morgan fingerprint density at radius 1 is 0.944 bits per heavy atom. The zero-order chi connectivity index (χ0) is 13.1. The van der Waals surface area contributed by atoms with E-state index in [1.165, 1.54) is 77.7 Å². The van der Waals surface area contributed by atoms with Crippen LogP contribution in [0.5, 0.6) is 0 Å². The standard InChI is InChI=1S/C15H29NO2/c1-18-15(17)13-16-14-11-9-7-5-3-2-4-6-8-10-12-14/h14,16H,2-13H2,1H3. The van der Waals surface area contributed by atoms with E-state index in [-0.39, 0.29) is 5.97 Å². The van der Waals surface area contributed by atoms with Crippen LogP contribution >= 0.6 is 0 Å². The number of nitrogens with one attached hydrogen (secondary N) is 1. The molecule has 0 bridgehead atoms. The first-order chi connectivity index (χ1) is 8.83. The van der Waals surface area contributed by atoms with E-state index in [4.69, 9.17) is 0 Å². The molecule has 3 heteroatoms. The van der Waals surface area contributed by atoms with Gasteiger partial charge in [0.15, 0.2) is 0 Å². The van der Waals surface area contributed by atoms with E-state index in [9.17, 15) is 4.79 Å². The summed E-state index contributed by atoms with van der Waals surface area (Å²) in [5.74, 6) is -0.152. The Hall–Kier alpha value is -0.570. The molecular weight excluding hydrogens is 226 g/mol. The number of carbonyl (C=O) groups excluding carboxylic acids is 1. The van der Waals surface area contributed by atoms with Crippen LogP contribution in [-0.4, -0.2) is 25.7 Å². The molecule has 1 saturated carbocycles. The lowest BCUT2D eigenvalue weighted by molar-refractivity contribution is -0.139. The van der Waals surface area contributed by atoms with Crippen LogP contribution in [0, 0.1) is 0 Å². The predicted molar refractivity (Wildman–Crippen MR) is 74.6 cm³/mol. The number of rotatable bonds is 3. The first kappa shape index (κ1) is 15.5. The molecule has 0 saturated heterocycles. The zero-order valence-corrected chi connectivity index (χ0v) is 11.9. The molecule has 1 fully saturated rings. The van der Waals surface area contributed by atoms with Crippen LogP contribution in [0.1, 0.15) is 70.6 Å². The fraction of sp³-hybridized carbons (Fsp3) is 0.933. The maximum Gasteiger partial charge on any atom is 0.319 e. The van der Waals surface area contributed by atoms with Crippen molar-refractivity contribution >= 4 is 5.97 Å². The van der Waals surface area contributed by atoms with Crippen molar-refractivity contribution in [2.75, 3.05) is 13.7 Å². The van der Waals surface area contributed by atoms with Crippen LogP contribution in [0.4, 0.5) is 0 Å². The van der Waals surface area contributed by atoms with E-state index in [0.717, 1.165) is 0 Å². The number of esters is 1. The highest BCUT2D eigenvalue weighted by molar-refractivity contribution is 5.71. The highest BCUT2D eigenvalue weighted by Gasteiger charge is 2.10. The Morgan fingerprint density at radius 3 is 1.83 bits per heavy atom. The van der Waals surface area contributed by atoms with E-state index in [1.807, 2.05) is 0 Å². The van der Waals surface area contributed by atoms with Crippen LogP contribution in [-0.2, 0) is 9.53 Å². The van der Waals surface area contributed by atoms with Gasteiger partial charge in [-0.05, 0) is 12.8 Å². The second-order valence-corrected chi connectivity index (χ2v) is 5.41. The summed E-state index contributed by atoms with van der Waals surface area (Å²) in [6, 6.07) is 0.503. The Morgan fingerprint density at radius 2 is 1.39 bits per heavy atom. The van der Waals surface area contributed by atoms with Crippen molar-refractivity contribution in [3.05, 3.63) is 0 Å². The minimum Gasteiger partial charge on any atom is -0.468 e. The second kappa shape index (κ2) is 10.4. The van der Waals surface area contributed by atoms with Gasteiger partial charge in [-0.2, -0.15) is 0 Å². The third-order valence-corrected chi connectivity index (χ3v) is 3.87. The SMILES string of the molecule is COC(=O)CNC1CCCCCCCCCCC1. The molecular formula is C15H29NO2. The molecule has 18 heavy (non-hydrogen) atoms. The van der Waals surface area contributed by atoms with Gasteiger partial charge in [0, 0.05) is 6.04 Å². The molecule has 0 atom stereocenters. The second-order valence-electron chi connectivity index (χ2n) is 5.41. The van der Waals surface area contributed by atoms with Crippen LogP contribution in [0.3, 0.4) is 0 Å². The molecule has 0 amide bonds. The summed E-state index contributed by atoms with van der Waals surface area (Å²) in [6.45, 7) is 0.362. The number of hydrogen-bond donors (Lipinski definition) is 1. The minimum absolute atomic E-state index is 0.152. The molecule has 1 rings (SSSR count). The smallest absolute Gasteiger partial charge is 0.319 e. The summed E-state index contributed by atoms with van der Waals surface area (Å²) < 4.78 is 4.68. The maximum atomic E-state index is 11.1. The van der Waals surface area contributed by atoms with Crippen LogP contribution in [0.15, 0.2) is 0 Å². The molecule has 0 aliphatic heterocycles. The van der Waals surface area contributed by atoms with Gasteiger partial charge in [0.25, 0.3) is 0 Å². The van der Waals surface area contributed by atoms with E-state index in [2.05, 4.69) is 10.1 Å². The van der Waals surface area contributed by atoms with Crippen molar-refractivity contribution in [3.63, 3.8) is 0 Å². The molecule has 106 valence electrons. The Bertz CT molecular complexity index is 207. The maximum absolute atomic E-state index is 11.1. The van der Waals surface area contributed by atoms with Gasteiger partial charge in [0.2, 0.25) is 0 Å². The monoisotopic (exact) mass is 255 g/mol. The van der Waals surface area contributed by atoms with Gasteiger partial charge >= 0.3 is 5.97 Å². The molecule has 0 unspecified atom stereocenters. The third kappa shape index (κ3) is 7.70. The number of ether oxygens (including phenoxy) is 1. The van der Waals surface area contributed by atoms with Crippen molar-refractivity contribution in [1.82, 2.24) is 5.32 Å². The molecule has 0 aromatic rings. The van der Waals surface area contributed by atoms with E-state index in [1.54, 1.807) is 0 Å². The van der Waals surface area contributed by atoms with Crippen molar-refractivity contribution in [2.45, 2.75) is 76.7 Å². The molecule has 1 aliphatic carbocycles. The van der Waals surface area contributed by atoms with Gasteiger partial charge in [-0.3, -0.25) is 4.79 Å². The highest BCUT2D eigenvalue weighted by Crippen LogP contribution is 2.16. The largest absolute Gasteiger partial charge is 0.468 e. The molecule has 0 aromatic heterocycles. The lowest BCUT2D eigenvalue weighted by Crippen LogP contribution is -2.34. The zero-order valence-electron chi connectivity index (χ0n) is 11.9. The van der Waals surface area contributed by atoms with E-state index >= 15 is 0 Å². The number of carbonyl (C=O) groups is 1. The fourth-order valence-electron chi connectivity index (χ4n) is 2.67. The minimum atomic E-state index is -0.152. The molecule has 0 spiro atoms. The van der Waals surface area contributed by atoms with Crippen molar-refractivity contribution in [3.8, 4) is 0 Å². The van der Waals surface area contributed by atoms with Gasteiger partial charge in [-0.15, -0.1) is 0 Å². The van der Waals surface area contributed by atoms with Gasteiger partial charge in [0.05, 0.1) is 13.7 Å². The molecule has 1 N–H and O–H groups in total. The average Bonchev–Trinajstić information content (AvgIpc) is 2.37. The van der Waals surface area contributed by atoms with Gasteiger partial charge in [-0.1, -0.05) is 57.8 Å². The molecule has 0 radical (unpaired) electrons. The van der Waals surface area contributed by atoms with E-state index < -0.39 is 0 Å². The summed E-state index contributed by atoms with van der Waals surface area (Å²) in [5.41, 5.74) is 0. The molecule has 0 heterocycles. The quantitative estimate of drug-likeness (QED) is 0.785. The average molecular weight is 255 g/mol. The lowest BCUT2D eigenvalue weighted by Gasteiger charge is -2.18. The number of hydrogen-bond acceptors (Lipinski definition) is 3. The van der Waals surface area contributed by atoms with Crippen molar-refractivity contribution in [2.24, 2.45) is 0 Å². The summed E-state index contributed by atoms with van der Waals surface area (Å²) in [7, 11) is 1.45. The van der Waals surface area contributed by atoms with Gasteiger partial charge in [0.1, 0.15) is 0 Å². The summed E-state index contributed by atoms with van der Waals surface area (Å²) in [4.78, 5) is 11.1. The first-order valence-corrected chi connectivity index (χ1v) is 7.63. The van der Waals surface area contributed by atoms with Crippen LogP contribution in [0.2, 0.25) is 0 Å². The Kier molecular flexibility index (Phi) is 8.92. The molecule has 3 nitrogen and oxygen atoms in total. The Balaban J connectivity index is 2.25. The highest BCUT2D eigenvalue weighted by atomic mass is 16.5. The normalized spacial score (nSPS) is 20.7. The van der Waals surface area contributed by atoms with Crippen LogP contribution < -0.4 is 5.32 Å². The van der Waals surface area contributed by atoms with E-state index in [0.29, 0.717) is 12.6 Å². The number of methoxy groups -OCH3 is 1. The lowest BCUT2D eigenvalue weighted by atomic mass is 9.98. The fourth-order valence-corrected chi connectivity index (χ4v) is 2.67. The molecule has 1 aliphatic rings.